The van der Waals surface area contributed by atoms with Crippen LogP contribution in [-0.2, 0) is 4.74 Å². The van der Waals surface area contributed by atoms with E-state index in [0.717, 1.165) is 0 Å². The maximum Gasteiger partial charge on any atom is 0.0598 e. The van der Waals surface area contributed by atoms with Crippen molar-refractivity contribution in [1.29, 1.82) is 0 Å². The molecule has 1 heterocycles. The molecular weight excluding hydrogens is 226 g/mol. The number of nitrogens with zero attached hydrogens (tertiary/aromatic N) is 1. The van der Waals surface area contributed by atoms with Crippen LogP contribution in [-0.4, -0.2) is 43.9 Å². The van der Waals surface area contributed by atoms with Crippen LogP contribution >= 0.6 is 0 Å². The van der Waals surface area contributed by atoms with Crippen molar-refractivity contribution >= 4 is 0 Å². The summed E-state index contributed by atoms with van der Waals surface area (Å²) in [6.07, 6.45) is 0. The second-order valence-electron chi connectivity index (χ2n) is 5.74. The van der Waals surface area contributed by atoms with Gasteiger partial charge in [-0.2, -0.15) is 0 Å². The molecule has 1 aliphatic rings. The standard InChI is InChI=1S/C15H23NO2/c1-11-5-6-12(2)13(7-11)14(16(3)4)15(8-17)9-18-10-15/h5-7,14,17H,8-10H2,1-4H3. The Morgan fingerprint density at radius 3 is 2.44 bits per heavy atom. The van der Waals surface area contributed by atoms with E-state index in [1.165, 1.54) is 16.7 Å². The van der Waals surface area contributed by atoms with Gasteiger partial charge in [0.25, 0.3) is 0 Å². The lowest BCUT2D eigenvalue weighted by atomic mass is 9.74. The molecule has 0 saturated carbocycles. The highest BCUT2D eigenvalue weighted by atomic mass is 16.5. The quantitative estimate of drug-likeness (QED) is 0.885. The minimum atomic E-state index is -0.151. The lowest BCUT2D eigenvalue weighted by molar-refractivity contribution is -0.172. The molecule has 1 aromatic carbocycles. The fraction of sp³-hybridized carbons (Fsp3) is 0.600. The molecule has 0 aliphatic carbocycles. The Bertz CT molecular complexity index is 419. The summed E-state index contributed by atoms with van der Waals surface area (Å²) in [6, 6.07) is 6.73. The summed E-state index contributed by atoms with van der Waals surface area (Å²) in [4.78, 5) is 2.19. The average molecular weight is 249 g/mol. The molecule has 18 heavy (non-hydrogen) atoms. The minimum Gasteiger partial charge on any atom is -0.396 e. The number of aliphatic hydroxyl groups excluding tert-OH is 1. The van der Waals surface area contributed by atoms with Gasteiger partial charge < -0.3 is 14.7 Å². The number of ether oxygens (including phenoxy) is 1. The predicted octanol–water partition coefficient (Wildman–Crippen LogP) is 1.92. The third-order valence-corrected chi connectivity index (χ3v) is 3.92. The molecular formula is C15H23NO2. The first kappa shape index (κ1) is 13.5. The van der Waals surface area contributed by atoms with Crippen LogP contribution in [0.5, 0.6) is 0 Å². The van der Waals surface area contributed by atoms with Gasteiger partial charge >= 0.3 is 0 Å². The van der Waals surface area contributed by atoms with Gasteiger partial charge in [0.1, 0.15) is 0 Å². The zero-order chi connectivity index (χ0) is 13.3. The summed E-state index contributed by atoms with van der Waals surface area (Å²) in [5, 5.41) is 9.77. The first-order chi connectivity index (χ1) is 8.50. The van der Waals surface area contributed by atoms with E-state index in [0.29, 0.717) is 13.2 Å². The molecule has 1 N–H and O–H groups in total. The molecule has 1 aliphatic heterocycles. The molecule has 0 amide bonds. The molecule has 1 aromatic rings. The van der Waals surface area contributed by atoms with E-state index in [1.807, 2.05) is 0 Å². The van der Waals surface area contributed by atoms with E-state index < -0.39 is 0 Å². The summed E-state index contributed by atoms with van der Waals surface area (Å²) < 4.78 is 5.37. The molecule has 100 valence electrons. The molecule has 3 heteroatoms. The van der Waals surface area contributed by atoms with Crippen molar-refractivity contribution in [3.8, 4) is 0 Å². The van der Waals surface area contributed by atoms with Crippen molar-refractivity contribution in [2.75, 3.05) is 33.9 Å². The average Bonchev–Trinajstić information content (AvgIpc) is 2.26. The van der Waals surface area contributed by atoms with Gasteiger partial charge in [-0.3, -0.25) is 0 Å². The second-order valence-corrected chi connectivity index (χ2v) is 5.74. The van der Waals surface area contributed by atoms with E-state index in [-0.39, 0.29) is 18.1 Å². The lowest BCUT2D eigenvalue weighted by Crippen LogP contribution is -2.54. The Labute approximate surface area is 109 Å². The van der Waals surface area contributed by atoms with Crippen LogP contribution in [0.4, 0.5) is 0 Å². The molecule has 1 fully saturated rings. The van der Waals surface area contributed by atoms with E-state index in [9.17, 15) is 5.11 Å². The third kappa shape index (κ3) is 2.18. The zero-order valence-electron chi connectivity index (χ0n) is 11.7. The van der Waals surface area contributed by atoms with Crippen LogP contribution in [0.25, 0.3) is 0 Å². The van der Waals surface area contributed by atoms with Crippen LogP contribution in [0.3, 0.4) is 0 Å². The highest BCUT2D eigenvalue weighted by Crippen LogP contribution is 2.44. The minimum absolute atomic E-state index is 0.151. The molecule has 0 spiro atoms. The number of hydrogen-bond acceptors (Lipinski definition) is 3. The molecule has 3 nitrogen and oxygen atoms in total. The van der Waals surface area contributed by atoms with Gasteiger partial charge in [-0.25, -0.2) is 0 Å². The van der Waals surface area contributed by atoms with E-state index in [2.05, 4.69) is 51.0 Å². The van der Waals surface area contributed by atoms with Crippen molar-refractivity contribution in [1.82, 2.24) is 4.90 Å². The first-order valence-electron chi connectivity index (χ1n) is 6.42. The Balaban J connectivity index is 2.44. The second kappa shape index (κ2) is 5.00. The fourth-order valence-electron chi connectivity index (χ4n) is 2.91. The van der Waals surface area contributed by atoms with Gasteiger partial charge in [0.15, 0.2) is 0 Å². The van der Waals surface area contributed by atoms with Crippen molar-refractivity contribution in [3.63, 3.8) is 0 Å². The molecule has 0 bridgehead atoms. The Kier molecular flexibility index (Phi) is 3.76. The maximum absolute atomic E-state index is 9.77. The van der Waals surface area contributed by atoms with Gasteiger partial charge in [0, 0.05) is 6.04 Å². The van der Waals surface area contributed by atoms with Gasteiger partial charge in [0.05, 0.1) is 25.2 Å². The van der Waals surface area contributed by atoms with Crippen LogP contribution in [0.1, 0.15) is 22.7 Å². The summed E-state index contributed by atoms with van der Waals surface area (Å²) >= 11 is 0. The van der Waals surface area contributed by atoms with Gasteiger partial charge in [0.2, 0.25) is 0 Å². The summed E-state index contributed by atoms with van der Waals surface area (Å²) in [7, 11) is 4.14. The highest BCUT2D eigenvalue weighted by molar-refractivity contribution is 5.35. The summed E-state index contributed by atoms with van der Waals surface area (Å²) in [6.45, 7) is 5.69. The topological polar surface area (TPSA) is 32.7 Å². The molecule has 0 aromatic heterocycles. The zero-order valence-corrected chi connectivity index (χ0v) is 11.7. The smallest absolute Gasteiger partial charge is 0.0598 e. The number of aliphatic hydroxyl groups is 1. The Morgan fingerprint density at radius 1 is 1.33 bits per heavy atom. The lowest BCUT2D eigenvalue weighted by Gasteiger charge is -2.49. The third-order valence-electron chi connectivity index (χ3n) is 3.92. The monoisotopic (exact) mass is 249 g/mol. The van der Waals surface area contributed by atoms with Crippen molar-refractivity contribution in [2.45, 2.75) is 19.9 Å². The molecule has 1 atom stereocenters. The van der Waals surface area contributed by atoms with Crippen LogP contribution in [0, 0.1) is 19.3 Å². The SMILES string of the molecule is Cc1ccc(C)c(C(N(C)C)C2(CO)COC2)c1. The summed E-state index contributed by atoms with van der Waals surface area (Å²) in [5.41, 5.74) is 3.69. The van der Waals surface area contributed by atoms with Crippen molar-refractivity contribution in [3.05, 3.63) is 34.9 Å². The number of rotatable bonds is 4. The molecule has 2 rings (SSSR count). The first-order valence-corrected chi connectivity index (χ1v) is 6.42. The van der Waals surface area contributed by atoms with Gasteiger partial charge in [-0.15, -0.1) is 0 Å². The van der Waals surface area contributed by atoms with Gasteiger partial charge in [-0.05, 0) is 39.1 Å². The van der Waals surface area contributed by atoms with Crippen LogP contribution < -0.4 is 0 Å². The molecule has 1 saturated heterocycles. The number of aryl methyl sites for hydroxylation is 2. The van der Waals surface area contributed by atoms with E-state index >= 15 is 0 Å². The number of benzene rings is 1. The van der Waals surface area contributed by atoms with Crippen LogP contribution in [0.2, 0.25) is 0 Å². The highest BCUT2D eigenvalue weighted by Gasteiger charge is 2.47. The van der Waals surface area contributed by atoms with Crippen molar-refractivity contribution < 1.29 is 9.84 Å². The normalized spacial score (nSPS) is 19.7. The maximum atomic E-state index is 9.77. The molecule has 1 unspecified atom stereocenters. The van der Waals surface area contributed by atoms with Crippen molar-refractivity contribution in [2.24, 2.45) is 5.41 Å². The summed E-state index contributed by atoms with van der Waals surface area (Å²) in [5.74, 6) is 0. The fourth-order valence-corrected chi connectivity index (χ4v) is 2.91. The number of hydrogen-bond donors (Lipinski definition) is 1. The predicted molar refractivity (Wildman–Crippen MR) is 72.7 cm³/mol. The molecule has 0 radical (unpaired) electrons. The van der Waals surface area contributed by atoms with Crippen LogP contribution in [0.15, 0.2) is 18.2 Å². The van der Waals surface area contributed by atoms with Gasteiger partial charge in [-0.1, -0.05) is 23.8 Å². The van der Waals surface area contributed by atoms with E-state index in [4.69, 9.17) is 4.74 Å². The Hall–Kier alpha value is -0.900. The largest absolute Gasteiger partial charge is 0.396 e. The van der Waals surface area contributed by atoms with E-state index in [1.54, 1.807) is 0 Å². The Morgan fingerprint density at radius 2 is 2.00 bits per heavy atom.